The summed E-state index contributed by atoms with van der Waals surface area (Å²) in [4.78, 5) is 0. The minimum Gasteiger partial charge on any atom is -0.390 e. The Kier molecular flexibility index (Phi) is 7.55. The van der Waals surface area contributed by atoms with Crippen molar-refractivity contribution in [2.24, 2.45) is 28.6 Å². The lowest BCUT2D eigenvalue weighted by Crippen LogP contribution is -2.45. The predicted molar refractivity (Wildman–Crippen MR) is 133 cm³/mol. The minimum atomic E-state index is -0.624. The van der Waals surface area contributed by atoms with E-state index in [0.717, 1.165) is 18.4 Å². The second kappa shape index (κ2) is 9.39. The molecule has 3 aliphatic carbocycles. The molecule has 182 valence electrons. The Balaban J connectivity index is 1.77. The van der Waals surface area contributed by atoms with Crippen LogP contribution < -0.4 is 0 Å². The Morgan fingerprint density at radius 3 is 2.31 bits per heavy atom. The largest absolute Gasteiger partial charge is 0.390 e. The lowest BCUT2D eigenvalue weighted by Gasteiger charge is -2.52. The van der Waals surface area contributed by atoms with E-state index in [1.807, 2.05) is 13.8 Å². The molecule has 3 heteroatoms. The third-order valence-electron chi connectivity index (χ3n) is 10.0. The lowest BCUT2D eigenvalue weighted by molar-refractivity contribution is -0.0210. The highest BCUT2D eigenvalue weighted by Crippen LogP contribution is 2.67. The summed E-state index contributed by atoms with van der Waals surface area (Å²) in [6, 6.07) is 0. The molecule has 3 rings (SSSR count). The van der Waals surface area contributed by atoms with Crippen LogP contribution in [0.15, 0.2) is 35.5 Å². The summed E-state index contributed by atoms with van der Waals surface area (Å²) in [6.07, 6.45) is 12.6. The van der Waals surface area contributed by atoms with Gasteiger partial charge in [-0.3, -0.25) is 0 Å². The van der Waals surface area contributed by atoms with Gasteiger partial charge in [-0.1, -0.05) is 57.6 Å². The number of aliphatic hydroxyl groups excluding tert-OH is 2. The molecule has 32 heavy (non-hydrogen) atoms. The van der Waals surface area contributed by atoms with E-state index in [0.29, 0.717) is 47.0 Å². The Bertz CT molecular complexity index is 741. The average Bonchev–Trinajstić information content (AvgIpc) is 2.99. The molecule has 3 N–H and O–H groups in total. The first-order valence-corrected chi connectivity index (χ1v) is 12.9. The number of hydrogen-bond donors (Lipinski definition) is 3. The number of hydrogen-bond acceptors (Lipinski definition) is 3. The first-order chi connectivity index (χ1) is 14.8. The van der Waals surface area contributed by atoms with Gasteiger partial charge >= 0.3 is 0 Å². The third-order valence-corrected chi connectivity index (χ3v) is 10.0. The van der Waals surface area contributed by atoms with Crippen LogP contribution in [-0.2, 0) is 0 Å². The van der Waals surface area contributed by atoms with Crippen LogP contribution in [-0.4, -0.2) is 33.1 Å². The van der Waals surface area contributed by atoms with Crippen LogP contribution in [0.1, 0.15) is 99.3 Å². The summed E-state index contributed by atoms with van der Waals surface area (Å²) >= 11 is 0. The van der Waals surface area contributed by atoms with E-state index >= 15 is 0 Å². The number of rotatable bonds is 6. The average molecular weight is 445 g/mol. The van der Waals surface area contributed by atoms with E-state index in [4.69, 9.17) is 0 Å². The summed E-state index contributed by atoms with van der Waals surface area (Å²) in [5, 5.41) is 30.6. The summed E-state index contributed by atoms with van der Waals surface area (Å²) in [6.45, 7) is 17.6. The highest BCUT2D eigenvalue weighted by Gasteiger charge is 2.58. The molecular weight excluding hydrogens is 396 g/mol. The van der Waals surface area contributed by atoms with E-state index in [1.165, 1.54) is 32.1 Å². The summed E-state index contributed by atoms with van der Waals surface area (Å²) < 4.78 is 0. The lowest BCUT2D eigenvalue weighted by atomic mass is 9.52. The zero-order valence-electron chi connectivity index (χ0n) is 21.5. The standard InChI is InChI=1S/C29H48O3/c1-19(12-15-27(4,5)32)21(3)28(6)16-13-24-23(9-8-14-29(24,28)7)11-10-22-17-25(30)20(2)26(31)18-22/h10-11,19,21,24-26,30-32H,2,8-9,12-18H2,1,3-7H3/b23-11-/t19-,21-,24?,25-,26-,28+,29+/m1/s1. The van der Waals surface area contributed by atoms with Crippen molar-refractivity contribution in [2.45, 2.75) is 117 Å². The van der Waals surface area contributed by atoms with Crippen molar-refractivity contribution in [2.75, 3.05) is 0 Å². The first-order valence-electron chi connectivity index (χ1n) is 12.9. The fourth-order valence-corrected chi connectivity index (χ4v) is 7.17. The topological polar surface area (TPSA) is 60.7 Å². The van der Waals surface area contributed by atoms with Gasteiger partial charge in [-0.15, -0.1) is 0 Å². The van der Waals surface area contributed by atoms with Crippen molar-refractivity contribution in [3.05, 3.63) is 35.5 Å². The molecule has 0 aromatic carbocycles. The van der Waals surface area contributed by atoms with E-state index in [2.05, 4.69) is 46.4 Å². The van der Waals surface area contributed by atoms with Gasteiger partial charge in [0.05, 0.1) is 17.8 Å². The maximum Gasteiger partial charge on any atom is 0.0809 e. The number of fused-ring (bicyclic) bond motifs is 1. The van der Waals surface area contributed by atoms with Crippen molar-refractivity contribution in [1.29, 1.82) is 0 Å². The van der Waals surface area contributed by atoms with Crippen LogP contribution in [0.25, 0.3) is 0 Å². The molecule has 1 unspecified atom stereocenters. The Morgan fingerprint density at radius 1 is 1.09 bits per heavy atom. The van der Waals surface area contributed by atoms with Crippen LogP contribution in [0.5, 0.6) is 0 Å². The predicted octanol–water partition coefficient (Wildman–Crippen LogP) is 6.34. The van der Waals surface area contributed by atoms with Gasteiger partial charge in [0, 0.05) is 0 Å². The van der Waals surface area contributed by atoms with Gasteiger partial charge in [-0.2, -0.15) is 0 Å². The molecule has 0 aliphatic heterocycles. The van der Waals surface area contributed by atoms with Gasteiger partial charge in [-0.05, 0) is 106 Å². The Morgan fingerprint density at radius 2 is 1.72 bits per heavy atom. The fourth-order valence-electron chi connectivity index (χ4n) is 7.17. The summed E-state index contributed by atoms with van der Waals surface area (Å²) in [5.74, 6) is 1.83. The highest BCUT2D eigenvalue weighted by atomic mass is 16.3. The molecule has 0 heterocycles. The van der Waals surface area contributed by atoms with Crippen molar-refractivity contribution < 1.29 is 15.3 Å². The van der Waals surface area contributed by atoms with Crippen molar-refractivity contribution in [1.82, 2.24) is 0 Å². The smallest absolute Gasteiger partial charge is 0.0809 e. The molecule has 0 aromatic rings. The number of aliphatic hydroxyl groups is 3. The molecule has 3 nitrogen and oxygen atoms in total. The maximum atomic E-state index is 10.2. The van der Waals surface area contributed by atoms with Gasteiger partial charge in [0.2, 0.25) is 0 Å². The van der Waals surface area contributed by atoms with Crippen molar-refractivity contribution in [3.63, 3.8) is 0 Å². The molecule has 0 saturated heterocycles. The third kappa shape index (κ3) is 4.95. The van der Waals surface area contributed by atoms with Gasteiger partial charge in [0.15, 0.2) is 0 Å². The van der Waals surface area contributed by atoms with Gasteiger partial charge in [0.25, 0.3) is 0 Å². The zero-order valence-corrected chi connectivity index (χ0v) is 21.5. The van der Waals surface area contributed by atoms with Crippen LogP contribution in [0.4, 0.5) is 0 Å². The molecule has 3 aliphatic rings. The van der Waals surface area contributed by atoms with E-state index in [9.17, 15) is 15.3 Å². The fraction of sp³-hybridized carbons (Fsp3) is 0.793. The van der Waals surface area contributed by atoms with E-state index in [-0.39, 0.29) is 0 Å². The number of allylic oxidation sites excluding steroid dienone is 3. The molecule has 0 aromatic heterocycles. The molecule has 0 radical (unpaired) electrons. The quantitative estimate of drug-likeness (QED) is 0.419. The van der Waals surface area contributed by atoms with Gasteiger partial charge < -0.3 is 15.3 Å². The van der Waals surface area contributed by atoms with Gasteiger partial charge in [0.1, 0.15) is 0 Å². The Labute approximate surface area is 196 Å². The highest BCUT2D eigenvalue weighted by molar-refractivity contribution is 5.30. The minimum absolute atomic E-state index is 0.303. The molecule has 7 atom stereocenters. The van der Waals surface area contributed by atoms with Crippen LogP contribution in [0.2, 0.25) is 0 Å². The maximum absolute atomic E-state index is 10.2. The summed E-state index contributed by atoms with van der Waals surface area (Å²) in [7, 11) is 0. The van der Waals surface area contributed by atoms with Crippen molar-refractivity contribution >= 4 is 0 Å². The van der Waals surface area contributed by atoms with E-state index < -0.39 is 17.8 Å². The van der Waals surface area contributed by atoms with E-state index in [1.54, 1.807) is 5.57 Å². The first kappa shape index (κ1) is 25.7. The molecule has 3 fully saturated rings. The SMILES string of the molecule is C=C1[C@H](O)CC(=C/C=C2/CCC[C@@]3(C)C2CC[C@@]3(C)[C@H](C)[C@H](C)CCC(C)(C)O)C[C@H]1O. The molecule has 0 bridgehead atoms. The Hall–Kier alpha value is -0.900. The van der Waals surface area contributed by atoms with Gasteiger partial charge in [-0.25, -0.2) is 0 Å². The molecular formula is C29H48O3. The van der Waals surface area contributed by atoms with Crippen LogP contribution in [0.3, 0.4) is 0 Å². The normalized spacial score (nSPS) is 39.2. The van der Waals surface area contributed by atoms with Crippen LogP contribution in [0, 0.1) is 28.6 Å². The monoisotopic (exact) mass is 444 g/mol. The van der Waals surface area contributed by atoms with Crippen molar-refractivity contribution in [3.8, 4) is 0 Å². The second-order valence-corrected chi connectivity index (χ2v) is 12.5. The molecule has 0 amide bonds. The molecule has 0 spiro atoms. The second-order valence-electron chi connectivity index (χ2n) is 12.5. The van der Waals surface area contributed by atoms with Crippen LogP contribution >= 0.6 is 0 Å². The summed E-state index contributed by atoms with van der Waals surface area (Å²) in [5.41, 5.74) is 3.28. The molecule has 3 saturated carbocycles. The zero-order chi connectivity index (χ0) is 23.9.